The molecule has 152 valence electrons. The van der Waals surface area contributed by atoms with Gasteiger partial charge in [-0.25, -0.2) is 4.79 Å². The topological polar surface area (TPSA) is 71.9 Å². The van der Waals surface area contributed by atoms with Crippen LogP contribution in [0.4, 0.5) is 5.69 Å². The number of hydrogen-bond donors (Lipinski definition) is 2. The smallest absolute Gasteiger partial charge is 0.343 e. The van der Waals surface area contributed by atoms with Crippen LogP contribution in [0.3, 0.4) is 0 Å². The van der Waals surface area contributed by atoms with Gasteiger partial charge in [-0.15, -0.1) is 0 Å². The number of benzene rings is 3. The number of ether oxygens (including phenoxy) is 2. The third-order valence-electron chi connectivity index (χ3n) is 3.89. The molecule has 0 fully saturated rings. The van der Waals surface area contributed by atoms with E-state index in [1.807, 2.05) is 43.3 Å². The standard InChI is InChI=1S/C23H21N3O3S/c1-2-28-21-15-17(16-24-26-23(30)25-19-11-7-4-8-12-19)13-14-20(21)29-22(27)18-9-5-3-6-10-18/h3-16H,2H2,1H3,(H2,25,26,30). The number of nitrogens with one attached hydrogen (secondary N) is 2. The van der Waals surface area contributed by atoms with Crippen molar-refractivity contribution in [3.05, 3.63) is 90.0 Å². The zero-order valence-electron chi connectivity index (χ0n) is 16.4. The minimum Gasteiger partial charge on any atom is -0.490 e. The van der Waals surface area contributed by atoms with Crippen molar-refractivity contribution in [2.24, 2.45) is 5.10 Å². The number of rotatable bonds is 7. The van der Waals surface area contributed by atoms with Crippen LogP contribution in [-0.4, -0.2) is 23.9 Å². The quantitative estimate of drug-likeness (QED) is 0.191. The molecule has 0 aliphatic heterocycles. The largest absolute Gasteiger partial charge is 0.490 e. The molecule has 0 unspecified atom stereocenters. The molecule has 3 aromatic carbocycles. The first-order chi connectivity index (χ1) is 14.7. The van der Waals surface area contributed by atoms with Crippen LogP contribution in [0.2, 0.25) is 0 Å². The van der Waals surface area contributed by atoms with Crippen LogP contribution in [-0.2, 0) is 0 Å². The molecule has 0 saturated carbocycles. The summed E-state index contributed by atoms with van der Waals surface area (Å²) in [4.78, 5) is 12.3. The number of para-hydroxylation sites is 1. The summed E-state index contributed by atoms with van der Waals surface area (Å²) in [6.07, 6.45) is 1.60. The molecule has 0 atom stereocenters. The summed E-state index contributed by atoms with van der Waals surface area (Å²) in [6, 6.07) is 23.5. The first-order valence-corrected chi connectivity index (χ1v) is 9.75. The van der Waals surface area contributed by atoms with Crippen LogP contribution in [0.5, 0.6) is 11.5 Å². The van der Waals surface area contributed by atoms with Crippen LogP contribution < -0.4 is 20.2 Å². The Morgan fingerprint density at radius 1 is 1.00 bits per heavy atom. The highest BCUT2D eigenvalue weighted by molar-refractivity contribution is 7.80. The second-order valence-electron chi connectivity index (χ2n) is 6.08. The maximum Gasteiger partial charge on any atom is 0.343 e. The highest BCUT2D eigenvalue weighted by Gasteiger charge is 2.12. The summed E-state index contributed by atoms with van der Waals surface area (Å²) >= 11 is 5.22. The first kappa shape index (κ1) is 21.0. The van der Waals surface area contributed by atoms with Crippen molar-refractivity contribution in [2.45, 2.75) is 6.92 Å². The van der Waals surface area contributed by atoms with Gasteiger partial charge in [0.2, 0.25) is 0 Å². The molecule has 3 aromatic rings. The van der Waals surface area contributed by atoms with Gasteiger partial charge in [-0.3, -0.25) is 5.43 Å². The van der Waals surface area contributed by atoms with Gasteiger partial charge in [0.25, 0.3) is 0 Å². The summed E-state index contributed by atoms with van der Waals surface area (Å²) < 4.78 is 11.1. The minimum absolute atomic E-state index is 0.345. The average molecular weight is 420 g/mol. The molecule has 0 aliphatic rings. The minimum atomic E-state index is -0.447. The van der Waals surface area contributed by atoms with Crippen molar-refractivity contribution in [2.75, 3.05) is 11.9 Å². The fraction of sp³-hybridized carbons (Fsp3) is 0.0870. The fourth-order valence-electron chi connectivity index (χ4n) is 2.54. The second kappa shape index (κ2) is 10.7. The van der Waals surface area contributed by atoms with Gasteiger partial charge in [-0.2, -0.15) is 5.10 Å². The van der Waals surface area contributed by atoms with Crippen molar-refractivity contribution in [3.63, 3.8) is 0 Å². The van der Waals surface area contributed by atoms with E-state index in [-0.39, 0.29) is 0 Å². The molecule has 7 heteroatoms. The monoisotopic (exact) mass is 419 g/mol. The van der Waals surface area contributed by atoms with Crippen LogP contribution in [0.15, 0.2) is 84.0 Å². The maximum absolute atomic E-state index is 12.3. The molecule has 0 saturated heterocycles. The van der Waals surface area contributed by atoms with Crippen molar-refractivity contribution < 1.29 is 14.3 Å². The van der Waals surface area contributed by atoms with Crippen LogP contribution in [0.1, 0.15) is 22.8 Å². The van der Waals surface area contributed by atoms with E-state index in [0.717, 1.165) is 11.3 Å². The van der Waals surface area contributed by atoms with Crippen LogP contribution >= 0.6 is 12.2 Å². The van der Waals surface area contributed by atoms with E-state index >= 15 is 0 Å². The predicted octanol–water partition coefficient (Wildman–Crippen LogP) is 4.63. The molecule has 0 bridgehead atoms. The van der Waals surface area contributed by atoms with Gasteiger partial charge in [0.05, 0.1) is 18.4 Å². The summed E-state index contributed by atoms with van der Waals surface area (Å²) in [7, 11) is 0. The van der Waals surface area contributed by atoms with Crippen LogP contribution in [0.25, 0.3) is 0 Å². The number of hydrazone groups is 1. The molecular weight excluding hydrogens is 398 g/mol. The SMILES string of the molecule is CCOc1cc(C=NNC(=S)Nc2ccccc2)ccc1OC(=O)c1ccccc1. The zero-order chi connectivity index (χ0) is 21.2. The molecule has 0 aliphatic carbocycles. The summed E-state index contributed by atoms with van der Waals surface area (Å²) in [5.74, 6) is 0.352. The second-order valence-corrected chi connectivity index (χ2v) is 6.49. The number of hydrogen-bond acceptors (Lipinski definition) is 5. The number of anilines is 1. The van der Waals surface area contributed by atoms with Gasteiger partial charge < -0.3 is 14.8 Å². The highest BCUT2D eigenvalue weighted by atomic mass is 32.1. The molecule has 0 spiro atoms. The molecule has 0 aromatic heterocycles. The molecule has 0 heterocycles. The zero-order valence-corrected chi connectivity index (χ0v) is 17.2. The Morgan fingerprint density at radius 2 is 1.70 bits per heavy atom. The maximum atomic E-state index is 12.3. The number of esters is 1. The van der Waals surface area contributed by atoms with Crippen molar-refractivity contribution in [1.29, 1.82) is 0 Å². The summed E-state index contributed by atoms with van der Waals surface area (Å²) in [5, 5.41) is 7.54. The van der Waals surface area contributed by atoms with E-state index in [9.17, 15) is 4.79 Å². The number of carbonyl (C=O) groups excluding carboxylic acids is 1. The first-order valence-electron chi connectivity index (χ1n) is 9.35. The van der Waals surface area contributed by atoms with E-state index in [2.05, 4.69) is 15.8 Å². The predicted molar refractivity (Wildman–Crippen MR) is 122 cm³/mol. The Hall–Kier alpha value is -3.71. The highest BCUT2D eigenvalue weighted by Crippen LogP contribution is 2.29. The normalized spacial score (nSPS) is 10.4. The Labute approximate surface area is 180 Å². The Balaban J connectivity index is 1.64. The van der Waals surface area contributed by atoms with E-state index in [4.69, 9.17) is 21.7 Å². The third-order valence-corrected chi connectivity index (χ3v) is 4.08. The Bertz CT molecular complexity index is 1020. The molecule has 0 radical (unpaired) electrons. The molecule has 6 nitrogen and oxygen atoms in total. The van der Waals surface area contributed by atoms with Crippen molar-refractivity contribution >= 4 is 35.2 Å². The third kappa shape index (κ3) is 6.15. The van der Waals surface area contributed by atoms with Gasteiger partial charge in [-0.05, 0) is 67.2 Å². The average Bonchev–Trinajstić information content (AvgIpc) is 2.77. The van der Waals surface area contributed by atoms with Gasteiger partial charge in [0.1, 0.15) is 0 Å². The van der Waals surface area contributed by atoms with Gasteiger partial charge >= 0.3 is 5.97 Å². The lowest BCUT2D eigenvalue weighted by Crippen LogP contribution is -2.23. The Morgan fingerprint density at radius 3 is 2.40 bits per heavy atom. The fourth-order valence-corrected chi connectivity index (χ4v) is 2.71. The van der Waals surface area contributed by atoms with Crippen molar-refractivity contribution in [1.82, 2.24) is 5.43 Å². The van der Waals surface area contributed by atoms with E-state index in [1.165, 1.54) is 0 Å². The van der Waals surface area contributed by atoms with Crippen molar-refractivity contribution in [3.8, 4) is 11.5 Å². The molecule has 3 rings (SSSR count). The van der Waals surface area contributed by atoms with E-state index in [1.54, 1.807) is 48.7 Å². The number of carbonyl (C=O) groups is 1. The summed E-state index contributed by atoms with van der Waals surface area (Å²) in [6.45, 7) is 2.29. The number of nitrogens with zero attached hydrogens (tertiary/aromatic N) is 1. The molecule has 0 amide bonds. The Kier molecular flexibility index (Phi) is 7.51. The lowest BCUT2D eigenvalue weighted by molar-refractivity contribution is 0.0728. The van der Waals surface area contributed by atoms with Gasteiger partial charge in [-0.1, -0.05) is 36.4 Å². The summed E-state index contributed by atoms with van der Waals surface area (Å²) in [5.41, 5.74) is 4.86. The van der Waals surface area contributed by atoms with E-state index < -0.39 is 5.97 Å². The van der Waals surface area contributed by atoms with Gasteiger partial charge in [0, 0.05) is 5.69 Å². The van der Waals surface area contributed by atoms with Gasteiger partial charge in [0.15, 0.2) is 16.6 Å². The number of thiocarbonyl (C=S) groups is 1. The lowest BCUT2D eigenvalue weighted by Gasteiger charge is -2.11. The molecule has 30 heavy (non-hydrogen) atoms. The van der Waals surface area contributed by atoms with E-state index in [0.29, 0.717) is 28.8 Å². The lowest BCUT2D eigenvalue weighted by atomic mass is 10.2. The molecular formula is C23H21N3O3S. The van der Waals surface area contributed by atoms with Crippen LogP contribution in [0, 0.1) is 0 Å². The molecule has 2 N–H and O–H groups in total.